The van der Waals surface area contributed by atoms with Crippen molar-refractivity contribution in [1.29, 1.82) is 0 Å². The third-order valence-electron chi connectivity index (χ3n) is 3.69. The van der Waals surface area contributed by atoms with Crippen molar-refractivity contribution in [2.45, 2.75) is 13.3 Å². The van der Waals surface area contributed by atoms with E-state index in [1.165, 1.54) is 0 Å². The third-order valence-corrected chi connectivity index (χ3v) is 4.61. The van der Waals surface area contributed by atoms with Crippen LogP contribution in [0.5, 0.6) is 0 Å². The van der Waals surface area contributed by atoms with Crippen molar-refractivity contribution in [3.05, 3.63) is 77.4 Å². The summed E-state index contributed by atoms with van der Waals surface area (Å²) in [6.45, 7) is 2.50. The second-order valence-electron chi connectivity index (χ2n) is 5.59. The summed E-state index contributed by atoms with van der Waals surface area (Å²) in [5, 5.41) is 5.83. The number of thiazole rings is 1. The fraction of sp³-hybridized carbons (Fsp3) is 0.150. The van der Waals surface area contributed by atoms with Crippen molar-refractivity contribution >= 4 is 22.8 Å². The number of allylic oxidation sites excluding steroid dienone is 1. The van der Waals surface area contributed by atoms with Gasteiger partial charge in [0.15, 0.2) is 0 Å². The average molecular weight is 349 g/mol. The molecule has 1 amide bonds. The summed E-state index contributed by atoms with van der Waals surface area (Å²) in [5.41, 5.74) is 3.85. The van der Waals surface area contributed by atoms with Gasteiger partial charge in [0.1, 0.15) is 5.01 Å². The number of aromatic nitrogens is 2. The molecule has 3 aromatic rings. The van der Waals surface area contributed by atoms with Gasteiger partial charge < -0.3 is 5.32 Å². The van der Waals surface area contributed by atoms with Gasteiger partial charge in [-0.2, -0.15) is 0 Å². The molecule has 2 aromatic heterocycles. The quantitative estimate of drug-likeness (QED) is 0.685. The lowest BCUT2D eigenvalue weighted by atomic mass is 10.1. The molecule has 25 heavy (non-hydrogen) atoms. The van der Waals surface area contributed by atoms with Crippen molar-refractivity contribution in [3.63, 3.8) is 0 Å². The highest BCUT2D eigenvalue weighted by Gasteiger charge is 2.06. The Morgan fingerprint density at radius 2 is 1.96 bits per heavy atom. The minimum atomic E-state index is -0.0819. The molecular formula is C20H19N3OS. The zero-order chi connectivity index (χ0) is 17.5. The second kappa shape index (κ2) is 8.35. The van der Waals surface area contributed by atoms with Crippen LogP contribution < -0.4 is 5.32 Å². The molecule has 3 rings (SSSR count). The minimum Gasteiger partial charge on any atom is -0.352 e. The van der Waals surface area contributed by atoms with Crippen molar-refractivity contribution < 1.29 is 4.79 Å². The normalized spacial score (nSPS) is 11.3. The highest BCUT2D eigenvalue weighted by molar-refractivity contribution is 7.13. The van der Waals surface area contributed by atoms with E-state index in [0.29, 0.717) is 13.0 Å². The number of pyridine rings is 1. The van der Waals surface area contributed by atoms with E-state index in [4.69, 9.17) is 0 Å². The van der Waals surface area contributed by atoms with E-state index in [1.54, 1.807) is 23.6 Å². The van der Waals surface area contributed by atoms with Gasteiger partial charge >= 0.3 is 0 Å². The fourth-order valence-corrected chi connectivity index (χ4v) is 3.20. The van der Waals surface area contributed by atoms with Crippen LogP contribution in [-0.2, 0) is 11.2 Å². The molecule has 0 fully saturated rings. The first-order valence-electron chi connectivity index (χ1n) is 8.10. The summed E-state index contributed by atoms with van der Waals surface area (Å²) >= 11 is 1.57. The molecule has 0 bridgehead atoms. The first-order valence-corrected chi connectivity index (χ1v) is 8.98. The summed E-state index contributed by atoms with van der Waals surface area (Å²) in [6.07, 6.45) is 4.10. The number of amides is 1. The van der Waals surface area contributed by atoms with Crippen LogP contribution in [0.25, 0.3) is 16.3 Å². The van der Waals surface area contributed by atoms with Gasteiger partial charge in [0.2, 0.25) is 5.91 Å². The van der Waals surface area contributed by atoms with E-state index >= 15 is 0 Å². The Balaban J connectivity index is 1.51. The summed E-state index contributed by atoms with van der Waals surface area (Å²) < 4.78 is 0. The van der Waals surface area contributed by atoms with Gasteiger partial charge in [0.05, 0.1) is 11.4 Å². The molecule has 0 spiro atoms. The smallest absolute Gasteiger partial charge is 0.244 e. The summed E-state index contributed by atoms with van der Waals surface area (Å²) in [5.74, 6) is -0.0819. The molecule has 2 heterocycles. The van der Waals surface area contributed by atoms with Crippen LogP contribution >= 0.6 is 11.3 Å². The van der Waals surface area contributed by atoms with Gasteiger partial charge in [-0.25, -0.2) is 4.98 Å². The number of nitrogens with zero attached hydrogens (tertiary/aromatic N) is 2. The number of carbonyl (C=O) groups excluding carboxylic acids is 1. The SMILES string of the molecule is C/C(=C\C(=O)NCCc1csc(-c2ccccn2)n1)c1ccccc1. The van der Waals surface area contributed by atoms with Crippen LogP contribution in [-0.4, -0.2) is 22.4 Å². The number of rotatable bonds is 6. The molecule has 0 aliphatic carbocycles. The third kappa shape index (κ3) is 4.84. The largest absolute Gasteiger partial charge is 0.352 e. The minimum absolute atomic E-state index is 0.0819. The highest BCUT2D eigenvalue weighted by atomic mass is 32.1. The van der Waals surface area contributed by atoms with Gasteiger partial charge in [-0.1, -0.05) is 36.4 Å². The molecule has 1 N–H and O–H groups in total. The van der Waals surface area contributed by atoms with E-state index in [0.717, 1.165) is 27.5 Å². The molecule has 0 unspecified atom stereocenters. The first kappa shape index (κ1) is 17.0. The van der Waals surface area contributed by atoms with Crippen LogP contribution in [0.4, 0.5) is 0 Å². The standard InChI is InChI=1S/C20H19N3OS/c1-15(16-7-3-2-4-8-16)13-19(24)22-12-10-17-14-25-20(23-17)18-9-5-6-11-21-18/h2-9,11,13-14H,10,12H2,1H3,(H,22,24)/b15-13+. The van der Waals surface area contributed by atoms with Crippen LogP contribution in [0.15, 0.2) is 66.2 Å². The fourth-order valence-electron chi connectivity index (χ4n) is 2.37. The molecule has 0 aliphatic heterocycles. The lowest BCUT2D eigenvalue weighted by Crippen LogP contribution is -2.23. The highest BCUT2D eigenvalue weighted by Crippen LogP contribution is 2.21. The Morgan fingerprint density at radius 1 is 1.16 bits per heavy atom. The van der Waals surface area contributed by atoms with E-state index in [-0.39, 0.29) is 5.91 Å². The van der Waals surface area contributed by atoms with Gasteiger partial charge in [-0.05, 0) is 30.2 Å². The summed E-state index contributed by atoms with van der Waals surface area (Å²) in [6, 6.07) is 15.7. The second-order valence-corrected chi connectivity index (χ2v) is 6.45. The maximum atomic E-state index is 12.0. The van der Waals surface area contributed by atoms with Gasteiger partial charge in [-0.15, -0.1) is 11.3 Å². The van der Waals surface area contributed by atoms with Crippen LogP contribution in [0.3, 0.4) is 0 Å². The molecule has 1 aromatic carbocycles. The van der Waals surface area contributed by atoms with Gasteiger partial charge in [0.25, 0.3) is 0 Å². The van der Waals surface area contributed by atoms with E-state index in [1.807, 2.05) is 60.8 Å². The molecule has 0 saturated carbocycles. The molecule has 0 saturated heterocycles. The monoisotopic (exact) mass is 349 g/mol. The van der Waals surface area contributed by atoms with Gasteiger partial charge in [0, 0.05) is 30.6 Å². The average Bonchev–Trinajstić information content (AvgIpc) is 3.12. The number of benzene rings is 1. The molecule has 5 heteroatoms. The maximum Gasteiger partial charge on any atom is 0.244 e. The lowest BCUT2D eigenvalue weighted by molar-refractivity contribution is -0.116. The Labute approximate surface area is 151 Å². The first-order chi connectivity index (χ1) is 12.2. The predicted octanol–water partition coefficient (Wildman–Crippen LogP) is 3.97. The molecule has 0 radical (unpaired) electrons. The molecule has 4 nitrogen and oxygen atoms in total. The summed E-state index contributed by atoms with van der Waals surface area (Å²) in [7, 11) is 0. The van der Waals surface area contributed by atoms with E-state index in [2.05, 4.69) is 15.3 Å². The van der Waals surface area contributed by atoms with Crippen molar-refractivity contribution in [2.75, 3.05) is 6.54 Å². The zero-order valence-electron chi connectivity index (χ0n) is 14.0. The number of hydrogen-bond donors (Lipinski definition) is 1. The molecule has 126 valence electrons. The van der Waals surface area contributed by atoms with Crippen molar-refractivity contribution in [1.82, 2.24) is 15.3 Å². The van der Waals surface area contributed by atoms with Gasteiger partial charge in [-0.3, -0.25) is 9.78 Å². The van der Waals surface area contributed by atoms with Crippen LogP contribution in [0, 0.1) is 0 Å². The van der Waals surface area contributed by atoms with Crippen molar-refractivity contribution in [2.24, 2.45) is 0 Å². The van der Waals surface area contributed by atoms with Crippen molar-refractivity contribution in [3.8, 4) is 10.7 Å². The molecular weight excluding hydrogens is 330 g/mol. The molecule has 0 atom stereocenters. The Morgan fingerprint density at radius 3 is 2.72 bits per heavy atom. The lowest BCUT2D eigenvalue weighted by Gasteiger charge is -2.03. The number of hydrogen-bond acceptors (Lipinski definition) is 4. The Kier molecular flexibility index (Phi) is 5.69. The Bertz CT molecular complexity index is 857. The Hall–Kier alpha value is -2.79. The number of carbonyl (C=O) groups is 1. The maximum absolute atomic E-state index is 12.0. The topological polar surface area (TPSA) is 54.9 Å². The number of nitrogens with one attached hydrogen (secondary N) is 1. The summed E-state index contributed by atoms with van der Waals surface area (Å²) in [4.78, 5) is 20.9. The zero-order valence-corrected chi connectivity index (χ0v) is 14.8. The van der Waals surface area contributed by atoms with E-state index in [9.17, 15) is 4.79 Å². The predicted molar refractivity (Wildman–Crippen MR) is 102 cm³/mol. The van der Waals surface area contributed by atoms with Crippen LogP contribution in [0.2, 0.25) is 0 Å². The molecule has 0 aliphatic rings. The van der Waals surface area contributed by atoms with Crippen LogP contribution in [0.1, 0.15) is 18.2 Å². The van der Waals surface area contributed by atoms with E-state index < -0.39 is 0 Å².